The predicted molar refractivity (Wildman–Crippen MR) is 133 cm³/mol. The summed E-state index contributed by atoms with van der Waals surface area (Å²) in [6, 6.07) is 11.9. The van der Waals surface area contributed by atoms with E-state index in [4.69, 9.17) is 9.47 Å². The Morgan fingerprint density at radius 2 is 1.94 bits per heavy atom. The second-order valence-electron chi connectivity index (χ2n) is 7.35. The summed E-state index contributed by atoms with van der Waals surface area (Å²) in [6.45, 7) is 8.74. The van der Waals surface area contributed by atoms with Crippen LogP contribution >= 0.6 is 34.4 Å². The zero-order chi connectivity index (χ0) is 22.5. The highest BCUT2D eigenvalue weighted by molar-refractivity contribution is 14.1. The molecule has 5 nitrogen and oxygen atoms in total. The Bertz CT molecular complexity index is 1020. The second-order valence-corrected chi connectivity index (χ2v) is 9.51. The first-order valence-corrected chi connectivity index (χ1v) is 12.1. The van der Waals surface area contributed by atoms with Gasteiger partial charge < -0.3 is 9.47 Å². The van der Waals surface area contributed by atoms with E-state index in [0.717, 1.165) is 32.9 Å². The number of benzene rings is 2. The normalized spacial score (nSPS) is 16.2. The Balaban J connectivity index is 1.87. The van der Waals surface area contributed by atoms with Gasteiger partial charge >= 0.3 is 0 Å². The molecule has 0 N–H and O–H groups in total. The van der Waals surface area contributed by atoms with Gasteiger partial charge in [-0.2, -0.15) is 0 Å². The van der Waals surface area contributed by atoms with Crippen LogP contribution in [0.5, 0.6) is 11.5 Å². The lowest BCUT2D eigenvalue weighted by molar-refractivity contribution is -0.124. The first-order valence-electron chi connectivity index (χ1n) is 10.3. The molecule has 1 atom stereocenters. The smallest absolute Gasteiger partial charge is 0.293 e. The Kier molecular flexibility index (Phi) is 8.05. The monoisotopic (exact) mass is 551 g/mol. The molecular weight excluding hydrogens is 525 g/mol. The van der Waals surface area contributed by atoms with Crippen molar-refractivity contribution in [3.05, 3.63) is 61.6 Å². The molecule has 0 unspecified atom stereocenters. The van der Waals surface area contributed by atoms with E-state index >= 15 is 0 Å². The number of halogens is 1. The molecule has 2 aromatic carbocycles. The van der Waals surface area contributed by atoms with E-state index in [2.05, 4.69) is 41.6 Å². The van der Waals surface area contributed by atoms with Crippen LogP contribution in [0.25, 0.3) is 6.08 Å². The summed E-state index contributed by atoms with van der Waals surface area (Å²) in [6.07, 6.45) is 2.48. The van der Waals surface area contributed by atoms with E-state index in [-0.39, 0.29) is 17.2 Å². The SMILES string of the molecule is CCOc1cc(/C=C2/SC(=O)N([C@H](C)CC)C2=O)cc(I)c1OCc1cccc(C)c1. The van der Waals surface area contributed by atoms with E-state index in [9.17, 15) is 9.59 Å². The Morgan fingerprint density at radius 1 is 1.16 bits per heavy atom. The minimum atomic E-state index is -0.239. The third-order valence-electron chi connectivity index (χ3n) is 4.95. The van der Waals surface area contributed by atoms with Gasteiger partial charge in [0.05, 0.1) is 15.1 Å². The molecular formula is C24H26INO4S. The first-order chi connectivity index (χ1) is 14.8. The predicted octanol–water partition coefficient (Wildman–Crippen LogP) is 6.41. The molecule has 1 saturated heterocycles. The van der Waals surface area contributed by atoms with E-state index in [0.29, 0.717) is 29.6 Å². The number of carbonyl (C=O) groups is 2. The molecule has 0 aliphatic carbocycles. The van der Waals surface area contributed by atoms with Gasteiger partial charge in [-0.15, -0.1) is 0 Å². The fourth-order valence-corrected chi connectivity index (χ4v) is 4.94. The molecule has 1 aliphatic heterocycles. The van der Waals surface area contributed by atoms with Gasteiger partial charge in [-0.25, -0.2) is 0 Å². The molecule has 2 amide bonds. The van der Waals surface area contributed by atoms with Crippen molar-refractivity contribution in [1.29, 1.82) is 0 Å². The summed E-state index contributed by atoms with van der Waals surface area (Å²) >= 11 is 3.20. The van der Waals surface area contributed by atoms with Crippen molar-refractivity contribution in [3.63, 3.8) is 0 Å². The van der Waals surface area contributed by atoms with Crippen molar-refractivity contribution >= 4 is 51.6 Å². The third-order valence-corrected chi connectivity index (χ3v) is 6.64. The maximum Gasteiger partial charge on any atom is 0.293 e. The molecule has 0 spiro atoms. The quantitative estimate of drug-likeness (QED) is 0.280. The molecule has 0 aromatic heterocycles. The number of thioether (sulfide) groups is 1. The van der Waals surface area contributed by atoms with Crippen molar-refractivity contribution in [2.75, 3.05) is 6.61 Å². The second kappa shape index (κ2) is 10.5. The van der Waals surface area contributed by atoms with Crippen LogP contribution < -0.4 is 9.47 Å². The first kappa shape index (κ1) is 23.7. The molecule has 1 aliphatic rings. The Morgan fingerprint density at radius 3 is 2.61 bits per heavy atom. The van der Waals surface area contributed by atoms with Gasteiger partial charge in [0.25, 0.3) is 11.1 Å². The number of carbonyl (C=O) groups excluding carboxylic acids is 2. The summed E-state index contributed by atoms with van der Waals surface area (Å²) in [5, 5.41) is -0.219. The van der Waals surface area contributed by atoms with Crippen LogP contribution in [0.2, 0.25) is 0 Å². The highest BCUT2D eigenvalue weighted by atomic mass is 127. The summed E-state index contributed by atoms with van der Waals surface area (Å²) in [5.41, 5.74) is 3.06. The van der Waals surface area contributed by atoms with Gasteiger partial charge in [0.1, 0.15) is 6.61 Å². The molecule has 1 fully saturated rings. The Hall–Kier alpha value is -2.00. The maximum atomic E-state index is 12.7. The summed E-state index contributed by atoms with van der Waals surface area (Å²) in [5.74, 6) is 1.06. The van der Waals surface area contributed by atoms with Crippen LogP contribution in [0.3, 0.4) is 0 Å². The average molecular weight is 551 g/mol. The molecule has 0 bridgehead atoms. The number of amides is 2. The Labute approximate surface area is 201 Å². The largest absolute Gasteiger partial charge is 0.490 e. The highest BCUT2D eigenvalue weighted by Gasteiger charge is 2.37. The lowest BCUT2D eigenvalue weighted by atomic mass is 10.1. The molecule has 164 valence electrons. The van der Waals surface area contributed by atoms with Gasteiger partial charge in [-0.3, -0.25) is 14.5 Å². The van der Waals surface area contributed by atoms with Gasteiger partial charge in [0.15, 0.2) is 11.5 Å². The van der Waals surface area contributed by atoms with Gasteiger partial charge in [0, 0.05) is 6.04 Å². The standard InChI is InChI=1S/C24H26INO4S/c1-5-16(4)26-23(27)21(31-24(26)28)13-18-11-19(25)22(20(12-18)29-6-2)30-14-17-9-7-8-15(3)10-17/h7-13,16H,5-6,14H2,1-4H3/b21-13+/t16-/m1/s1. The molecule has 7 heteroatoms. The number of aryl methyl sites for hydroxylation is 1. The number of imide groups is 1. The van der Waals surface area contributed by atoms with E-state index in [1.54, 1.807) is 6.08 Å². The lowest BCUT2D eigenvalue weighted by Gasteiger charge is -2.19. The number of hydrogen-bond donors (Lipinski definition) is 0. The zero-order valence-electron chi connectivity index (χ0n) is 18.1. The number of hydrogen-bond acceptors (Lipinski definition) is 5. The number of ether oxygens (including phenoxy) is 2. The summed E-state index contributed by atoms with van der Waals surface area (Å²) in [4.78, 5) is 26.8. The minimum absolute atomic E-state index is 0.116. The maximum absolute atomic E-state index is 12.7. The zero-order valence-corrected chi connectivity index (χ0v) is 21.1. The topological polar surface area (TPSA) is 55.8 Å². The van der Waals surface area contributed by atoms with Crippen molar-refractivity contribution in [2.45, 2.75) is 46.8 Å². The van der Waals surface area contributed by atoms with Gasteiger partial charge in [-0.05, 0) is 90.9 Å². The summed E-state index contributed by atoms with van der Waals surface area (Å²) < 4.78 is 12.8. The molecule has 1 heterocycles. The number of rotatable bonds is 8. The van der Waals surface area contributed by atoms with E-state index in [1.165, 1.54) is 10.5 Å². The molecule has 31 heavy (non-hydrogen) atoms. The van der Waals surface area contributed by atoms with Crippen LogP contribution in [-0.4, -0.2) is 28.7 Å². The van der Waals surface area contributed by atoms with Crippen molar-refractivity contribution in [1.82, 2.24) is 4.90 Å². The molecule has 2 aromatic rings. The van der Waals surface area contributed by atoms with Crippen molar-refractivity contribution < 1.29 is 19.1 Å². The minimum Gasteiger partial charge on any atom is -0.490 e. The highest BCUT2D eigenvalue weighted by Crippen LogP contribution is 2.38. The van der Waals surface area contributed by atoms with Gasteiger partial charge in [-0.1, -0.05) is 36.8 Å². The van der Waals surface area contributed by atoms with Gasteiger partial charge in [0.2, 0.25) is 0 Å². The number of nitrogens with zero attached hydrogens (tertiary/aromatic N) is 1. The van der Waals surface area contributed by atoms with Crippen LogP contribution in [0.1, 0.15) is 43.9 Å². The van der Waals surface area contributed by atoms with Crippen LogP contribution in [-0.2, 0) is 11.4 Å². The molecule has 0 saturated carbocycles. The lowest BCUT2D eigenvalue weighted by Crippen LogP contribution is -2.36. The average Bonchev–Trinajstić information content (AvgIpc) is 3.00. The fraction of sp³-hybridized carbons (Fsp3) is 0.333. The van der Waals surface area contributed by atoms with Crippen LogP contribution in [0.15, 0.2) is 41.3 Å². The third kappa shape index (κ3) is 5.63. The van der Waals surface area contributed by atoms with E-state index < -0.39 is 0 Å². The van der Waals surface area contributed by atoms with Crippen LogP contribution in [0, 0.1) is 10.5 Å². The van der Waals surface area contributed by atoms with Crippen molar-refractivity contribution in [2.24, 2.45) is 0 Å². The van der Waals surface area contributed by atoms with E-state index in [1.807, 2.05) is 45.0 Å². The summed E-state index contributed by atoms with van der Waals surface area (Å²) in [7, 11) is 0. The van der Waals surface area contributed by atoms with Crippen LogP contribution in [0.4, 0.5) is 4.79 Å². The molecule has 3 rings (SSSR count). The molecule has 0 radical (unpaired) electrons. The fourth-order valence-electron chi connectivity index (χ4n) is 3.23. The van der Waals surface area contributed by atoms with Crippen molar-refractivity contribution in [3.8, 4) is 11.5 Å².